The van der Waals surface area contributed by atoms with E-state index in [2.05, 4.69) is 9.97 Å². The molecule has 3 rings (SSSR count). The molecule has 3 N–H and O–H groups in total. The molecule has 0 saturated carbocycles. The van der Waals surface area contributed by atoms with Crippen LogP contribution in [-0.4, -0.2) is 97.9 Å². The SMILES string of the molecule is CC(C)CN(C[C@H]1CN(S(=O)(=O)c2ccc(N)s2)CCN1c1ncc(C(O)(C(F)(F)F)C(F)(F)F)cn1)S(C)(=O)=O. The third-order valence-corrected chi connectivity index (χ3v) is 10.7. The van der Waals surface area contributed by atoms with Gasteiger partial charge in [-0.1, -0.05) is 13.8 Å². The first kappa shape index (κ1) is 33.2. The van der Waals surface area contributed by atoms with Crippen molar-refractivity contribution < 1.29 is 48.3 Å². The maximum atomic E-state index is 13.3. The number of anilines is 2. The second-order valence-corrected chi connectivity index (χ2v) is 15.1. The quantitative estimate of drug-likeness (QED) is 0.388. The van der Waals surface area contributed by atoms with Crippen molar-refractivity contribution in [2.75, 3.05) is 49.6 Å². The number of nitrogens with two attached hydrogens (primary N) is 1. The Morgan fingerprint density at radius 3 is 2.07 bits per heavy atom. The summed E-state index contributed by atoms with van der Waals surface area (Å²) in [5, 5.41) is 9.88. The van der Waals surface area contributed by atoms with E-state index in [-0.39, 0.29) is 66.2 Å². The van der Waals surface area contributed by atoms with Crippen LogP contribution in [0.3, 0.4) is 0 Å². The Morgan fingerprint density at radius 1 is 1.07 bits per heavy atom. The van der Waals surface area contributed by atoms with Crippen molar-refractivity contribution in [3.05, 3.63) is 30.1 Å². The Labute approximate surface area is 236 Å². The highest BCUT2D eigenvalue weighted by Gasteiger charge is 2.71. The first-order valence-electron chi connectivity index (χ1n) is 11.8. The van der Waals surface area contributed by atoms with Crippen LogP contribution in [0.5, 0.6) is 0 Å². The minimum atomic E-state index is -6.14. The van der Waals surface area contributed by atoms with Crippen LogP contribution in [0.2, 0.25) is 0 Å². The standard InChI is InChI=1S/C21H28F6N6O5S3/c1-13(2)10-32(40(3,35)36)12-15-11-31(41(37,38)17-5-4-16(28)39-17)6-7-33(15)18-29-8-14(9-30-18)19(34,20(22,23)24)21(25,26)27/h4-5,8-9,13,15,34H,6-7,10-12,28H2,1-3H3/t15-/m1/s1. The molecule has 1 aliphatic heterocycles. The van der Waals surface area contributed by atoms with Gasteiger partial charge in [0.05, 0.1) is 17.3 Å². The number of rotatable bonds is 9. The minimum Gasteiger partial charge on any atom is -0.391 e. The van der Waals surface area contributed by atoms with E-state index in [1.54, 1.807) is 13.8 Å². The average molecular weight is 655 g/mol. The molecule has 1 aliphatic rings. The third kappa shape index (κ3) is 6.87. The van der Waals surface area contributed by atoms with Crippen molar-refractivity contribution >= 4 is 42.3 Å². The van der Waals surface area contributed by atoms with Gasteiger partial charge in [0.15, 0.2) is 0 Å². The second kappa shape index (κ2) is 11.4. The number of hydrogen-bond donors (Lipinski definition) is 2. The summed E-state index contributed by atoms with van der Waals surface area (Å²) in [5.74, 6) is -0.533. The van der Waals surface area contributed by atoms with Crippen molar-refractivity contribution in [3.8, 4) is 0 Å². The molecule has 1 fully saturated rings. The Kier molecular flexibility index (Phi) is 9.27. The smallest absolute Gasteiger partial charge is 0.391 e. The number of sulfonamides is 2. The fraction of sp³-hybridized carbons (Fsp3) is 0.619. The van der Waals surface area contributed by atoms with Crippen molar-refractivity contribution in [2.45, 2.75) is 42.1 Å². The maximum Gasteiger partial charge on any atom is 0.430 e. The molecule has 0 radical (unpaired) electrons. The fourth-order valence-corrected chi connectivity index (χ4v) is 7.92. The molecule has 2 aromatic heterocycles. The lowest BCUT2D eigenvalue weighted by molar-refractivity contribution is -0.376. The van der Waals surface area contributed by atoms with Crippen molar-refractivity contribution in [2.24, 2.45) is 5.92 Å². The van der Waals surface area contributed by atoms with E-state index in [4.69, 9.17) is 5.73 Å². The second-order valence-electron chi connectivity index (χ2n) is 9.82. The Bertz CT molecular complexity index is 1420. The van der Waals surface area contributed by atoms with Gasteiger partial charge in [0.1, 0.15) is 4.21 Å². The van der Waals surface area contributed by atoms with Crippen molar-refractivity contribution in [1.82, 2.24) is 18.6 Å². The lowest BCUT2D eigenvalue weighted by Crippen LogP contribution is -2.59. The van der Waals surface area contributed by atoms with Gasteiger partial charge >= 0.3 is 12.4 Å². The van der Waals surface area contributed by atoms with Gasteiger partial charge in [-0.3, -0.25) is 0 Å². The van der Waals surface area contributed by atoms with E-state index in [9.17, 15) is 48.3 Å². The number of nitrogens with zero attached hydrogens (tertiary/aromatic N) is 5. The van der Waals surface area contributed by atoms with E-state index >= 15 is 0 Å². The molecule has 0 spiro atoms. The van der Waals surface area contributed by atoms with E-state index in [0.717, 1.165) is 26.2 Å². The number of halogens is 6. The summed E-state index contributed by atoms with van der Waals surface area (Å²) in [6, 6.07) is 1.71. The molecule has 1 saturated heterocycles. The first-order valence-corrected chi connectivity index (χ1v) is 15.9. The third-order valence-electron chi connectivity index (χ3n) is 6.23. The van der Waals surface area contributed by atoms with Gasteiger partial charge in [-0.15, -0.1) is 11.3 Å². The normalized spacial score (nSPS) is 18.4. The van der Waals surface area contributed by atoms with Gasteiger partial charge in [0, 0.05) is 50.7 Å². The molecule has 3 heterocycles. The summed E-state index contributed by atoms with van der Waals surface area (Å²) >= 11 is 0.817. The number of alkyl halides is 6. The minimum absolute atomic E-state index is 0.0430. The van der Waals surface area contributed by atoms with Crippen LogP contribution in [0.4, 0.5) is 37.3 Å². The predicted octanol–water partition coefficient (Wildman–Crippen LogP) is 2.23. The zero-order valence-corrected chi connectivity index (χ0v) is 24.3. The van der Waals surface area contributed by atoms with E-state index in [1.807, 2.05) is 0 Å². The van der Waals surface area contributed by atoms with Gasteiger partial charge < -0.3 is 15.7 Å². The summed E-state index contributed by atoms with van der Waals surface area (Å²) < 4.78 is 133. The van der Waals surface area contributed by atoms with E-state index < -0.39 is 49.6 Å². The van der Waals surface area contributed by atoms with Crippen molar-refractivity contribution in [3.63, 3.8) is 0 Å². The zero-order valence-electron chi connectivity index (χ0n) is 21.9. The largest absolute Gasteiger partial charge is 0.430 e. The van der Waals surface area contributed by atoms with E-state index in [1.165, 1.54) is 17.0 Å². The number of nitrogen functional groups attached to an aromatic ring is 1. The molecule has 0 amide bonds. The lowest BCUT2D eigenvalue weighted by atomic mass is 9.95. The summed E-state index contributed by atoms with van der Waals surface area (Å²) in [6.45, 7) is 2.55. The molecular weight excluding hydrogens is 626 g/mol. The van der Waals surface area contributed by atoms with Crippen LogP contribution < -0.4 is 10.6 Å². The van der Waals surface area contributed by atoms with Crippen LogP contribution in [-0.2, 0) is 25.6 Å². The van der Waals surface area contributed by atoms with Crippen LogP contribution in [0, 0.1) is 5.92 Å². The van der Waals surface area contributed by atoms with Crippen LogP contribution in [0.15, 0.2) is 28.7 Å². The molecule has 2 aromatic rings. The van der Waals surface area contributed by atoms with Gasteiger partial charge in [0.2, 0.25) is 16.0 Å². The average Bonchev–Trinajstić information content (AvgIpc) is 3.28. The van der Waals surface area contributed by atoms with Crippen LogP contribution in [0.1, 0.15) is 19.4 Å². The topological polar surface area (TPSA) is 150 Å². The summed E-state index contributed by atoms with van der Waals surface area (Å²) in [5.41, 5.74) is -1.25. The van der Waals surface area contributed by atoms with Gasteiger partial charge in [-0.05, 0) is 18.1 Å². The molecule has 20 heteroatoms. The molecule has 11 nitrogen and oxygen atoms in total. The van der Waals surface area contributed by atoms with Crippen LogP contribution in [0.25, 0.3) is 0 Å². The van der Waals surface area contributed by atoms with Gasteiger partial charge in [-0.2, -0.15) is 35.0 Å². The first-order chi connectivity index (χ1) is 18.6. The molecule has 0 unspecified atom stereocenters. The molecular formula is C21H28F6N6O5S3. The highest BCUT2D eigenvalue weighted by atomic mass is 32.2. The van der Waals surface area contributed by atoms with Gasteiger partial charge in [0.25, 0.3) is 15.6 Å². The monoisotopic (exact) mass is 654 g/mol. The summed E-state index contributed by atoms with van der Waals surface area (Å²) in [4.78, 5) is 8.56. The predicted molar refractivity (Wildman–Crippen MR) is 138 cm³/mol. The molecule has 0 bridgehead atoms. The fourth-order valence-electron chi connectivity index (χ4n) is 4.20. The molecule has 0 aliphatic carbocycles. The highest BCUT2D eigenvalue weighted by molar-refractivity contribution is 7.91. The lowest BCUT2D eigenvalue weighted by Gasteiger charge is -2.42. The summed E-state index contributed by atoms with van der Waals surface area (Å²) in [6.07, 6.45) is -11.0. The Hall–Kier alpha value is -2.26. The molecule has 41 heavy (non-hydrogen) atoms. The molecule has 0 aromatic carbocycles. The number of thiophene rings is 1. The Balaban J connectivity index is 2.02. The maximum absolute atomic E-state index is 13.3. The number of piperazine rings is 1. The number of aliphatic hydroxyl groups is 1. The van der Waals surface area contributed by atoms with Gasteiger partial charge in [-0.25, -0.2) is 26.8 Å². The number of hydrogen-bond acceptors (Lipinski definition) is 10. The Morgan fingerprint density at radius 2 is 1.63 bits per heavy atom. The van der Waals surface area contributed by atoms with E-state index in [0.29, 0.717) is 0 Å². The van der Waals surface area contributed by atoms with Crippen LogP contribution >= 0.6 is 11.3 Å². The number of aromatic nitrogens is 2. The zero-order chi connectivity index (χ0) is 31.2. The summed E-state index contributed by atoms with van der Waals surface area (Å²) in [7, 11) is -7.90. The molecule has 232 valence electrons. The highest BCUT2D eigenvalue weighted by Crippen LogP contribution is 2.49. The molecule has 1 atom stereocenters. The van der Waals surface area contributed by atoms with Crippen molar-refractivity contribution in [1.29, 1.82) is 0 Å².